The Morgan fingerprint density at radius 3 is 2.64 bits per heavy atom. The van der Waals surface area contributed by atoms with Gasteiger partial charge < -0.3 is 4.52 Å². The molecule has 0 aliphatic carbocycles. The highest BCUT2D eigenvalue weighted by Crippen LogP contribution is 2.48. The van der Waals surface area contributed by atoms with Gasteiger partial charge in [0.15, 0.2) is 0 Å². The van der Waals surface area contributed by atoms with Gasteiger partial charge in [0.1, 0.15) is 0 Å². The number of rotatable bonds is 6. The van der Waals surface area contributed by atoms with Crippen LogP contribution in [-0.4, -0.2) is 13.2 Å². The van der Waals surface area contributed by atoms with Gasteiger partial charge in [-0.25, -0.2) is 0 Å². The van der Waals surface area contributed by atoms with Crippen molar-refractivity contribution in [1.82, 2.24) is 5.09 Å². The normalized spacial score (nSPS) is 16.3. The molecule has 0 fully saturated rings. The first-order valence-electron chi connectivity index (χ1n) is 3.81. The molecule has 0 rings (SSSR count). The quantitative estimate of drug-likeness (QED) is 0.544. The zero-order valence-electron chi connectivity index (χ0n) is 6.97. The molecule has 0 amide bonds. The highest BCUT2D eigenvalue weighted by molar-refractivity contribution is 8.23. The van der Waals surface area contributed by atoms with E-state index in [1.165, 1.54) is 0 Å². The number of hydrogen-bond donors (Lipinski definition) is 1. The molecule has 0 aromatic rings. The van der Waals surface area contributed by atoms with Crippen molar-refractivity contribution in [1.29, 1.82) is 0 Å². The Morgan fingerprint density at radius 2 is 2.18 bits per heavy atom. The summed E-state index contributed by atoms with van der Waals surface area (Å²) in [6.45, 7) is 5.51. The van der Waals surface area contributed by atoms with Gasteiger partial charge in [-0.2, -0.15) is 0 Å². The Balaban J connectivity index is 3.47. The number of hydrogen-bond acceptors (Lipinski definition) is 2. The fraction of sp³-hybridized carbons (Fsp3) is 1.00. The van der Waals surface area contributed by atoms with E-state index in [-0.39, 0.29) is 0 Å². The molecule has 0 aliphatic heterocycles. The van der Waals surface area contributed by atoms with Crippen molar-refractivity contribution in [2.45, 2.75) is 26.7 Å². The minimum atomic E-state index is -2.17. The standard InChI is InChI=1S/C6H15ClNOPS/c1-3-5-6-9-10(7,11)8-4-2/h3-6H2,1-2H3,(H,8,11). The Morgan fingerprint density at radius 1 is 1.55 bits per heavy atom. The summed E-state index contributed by atoms with van der Waals surface area (Å²) in [7, 11) is 0. The maximum absolute atomic E-state index is 5.86. The minimum absolute atomic E-state index is 0.671. The van der Waals surface area contributed by atoms with E-state index >= 15 is 0 Å². The Kier molecular flexibility index (Phi) is 6.88. The van der Waals surface area contributed by atoms with Crippen molar-refractivity contribution in [3.8, 4) is 0 Å². The number of halogens is 1. The molecule has 1 N–H and O–H groups in total. The first-order chi connectivity index (χ1) is 5.12. The first-order valence-corrected chi connectivity index (χ1v) is 7.44. The summed E-state index contributed by atoms with van der Waals surface area (Å²) >= 11 is 10.9. The van der Waals surface area contributed by atoms with Gasteiger partial charge in [-0.1, -0.05) is 20.3 Å². The van der Waals surface area contributed by atoms with Crippen molar-refractivity contribution in [2.24, 2.45) is 0 Å². The first kappa shape index (κ1) is 11.9. The molecule has 11 heavy (non-hydrogen) atoms. The van der Waals surface area contributed by atoms with E-state index in [0.717, 1.165) is 19.4 Å². The van der Waals surface area contributed by atoms with Crippen LogP contribution >= 0.6 is 17.0 Å². The third kappa shape index (κ3) is 7.23. The number of unbranched alkanes of at least 4 members (excludes halogenated alkanes) is 1. The summed E-state index contributed by atoms with van der Waals surface area (Å²) in [5.41, 5.74) is 0. The average molecular weight is 216 g/mol. The lowest BCUT2D eigenvalue weighted by molar-refractivity contribution is 0.343. The molecule has 0 aliphatic rings. The van der Waals surface area contributed by atoms with Crippen LogP contribution in [0.1, 0.15) is 26.7 Å². The van der Waals surface area contributed by atoms with Gasteiger partial charge in [-0.15, -0.1) is 0 Å². The molecule has 0 bridgehead atoms. The second kappa shape index (κ2) is 6.38. The van der Waals surface area contributed by atoms with Crippen LogP contribution in [0.5, 0.6) is 0 Å². The van der Waals surface area contributed by atoms with Crippen LogP contribution in [0.25, 0.3) is 0 Å². The predicted octanol–water partition coefficient (Wildman–Crippen LogP) is 2.88. The van der Waals surface area contributed by atoms with Gasteiger partial charge in [0.25, 0.3) is 0 Å². The van der Waals surface area contributed by atoms with E-state index in [2.05, 4.69) is 12.0 Å². The molecule has 0 heterocycles. The van der Waals surface area contributed by atoms with Crippen LogP contribution in [-0.2, 0) is 16.3 Å². The van der Waals surface area contributed by atoms with Gasteiger partial charge in [-0.05, 0) is 36.0 Å². The van der Waals surface area contributed by atoms with Gasteiger partial charge in [-0.3, -0.25) is 5.09 Å². The van der Waals surface area contributed by atoms with Crippen molar-refractivity contribution in [2.75, 3.05) is 13.2 Å². The molecule has 0 saturated carbocycles. The smallest absolute Gasteiger partial charge is 0.219 e. The molecule has 0 aromatic heterocycles. The second-order valence-corrected chi connectivity index (χ2v) is 7.28. The van der Waals surface area contributed by atoms with Crippen LogP contribution in [0.15, 0.2) is 0 Å². The highest BCUT2D eigenvalue weighted by Gasteiger charge is 2.10. The zero-order chi connectivity index (χ0) is 8.74. The summed E-state index contributed by atoms with van der Waals surface area (Å²) < 4.78 is 5.29. The summed E-state index contributed by atoms with van der Waals surface area (Å²) in [5.74, 6) is -2.17. The molecule has 1 atom stereocenters. The average Bonchev–Trinajstić information content (AvgIpc) is 1.87. The van der Waals surface area contributed by atoms with Gasteiger partial charge in [0, 0.05) is 0 Å². The molecule has 0 radical (unpaired) electrons. The van der Waals surface area contributed by atoms with Gasteiger partial charge >= 0.3 is 0 Å². The van der Waals surface area contributed by atoms with Crippen molar-refractivity contribution in [3.63, 3.8) is 0 Å². The van der Waals surface area contributed by atoms with Crippen molar-refractivity contribution < 1.29 is 4.52 Å². The van der Waals surface area contributed by atoms with Crippen LogP contribution in [0.3, 0.4) is 0 Å². The highest BCUT2D eigenvalue weighted by atomic mass is 35.7. The Labute approximate surface area is 78.6 Å². The van der Waals surface area contributed by atoms with Crippen LogP contribution in [0.4, 0.5) is 0 Å². The van der Waals surface area contributed by atoms with E-state index in [9.17, 15) is 0 Å². The van der Waals surface area contributed by atoms with Gasteiger partial charge in [0.05, 0.1) is 6.61 Å². The maximum atomic E-state index is 5.86. The lowest BCUT2D eigenvalue weighted by Gasteiger charge is -2.14. The monoisotopic (exact) mass is 215 g/mol. The predicted molar refractivity (Wildman–Crippen MR) is 54.7 cm³/mol. The van der Waals surface area contributed by atoms with E-state index < -0.39 is 5.77 Å². The molecule has 2 nitrogen and oxygen atoms in total. The lowest BCUT2D eigenvalue weighted by Crippen LogP contribution is -2.07. The maximum Gasteiger partial charge on any atom is 0.219 e. The van der Waals surface area contributed by atoms with Gasteiger partial charge in [0.2, 0.25) is 5.77 Å². The van der Waals surface area contributed by atoms with E-state index in [1.54, 1.807) is 0 Å². The fourth-order valence-corrected chi connectivity index (χ4v) is 2.57. The second-order valence-electron chi connectivity index (χ2n) is 2.18. The van der Waals surface area contributed by atoms with Crippen molar-refractivity contribution >= 4 is 28.8 Å². The zero-order valence-corrected chi connectivity index (χ0v) is 9.44. The van der Waals surface area contributed by atoms with Crippen LogP contribution in [0.2, 0.25) is 0 Å². The Bertz CT molecular complexity index is 145. The summed E-state index contributed by atoms with van der Waals surface area (Å²) in [4.78, 5) is 0. The van der Waals surface area contributed by atoms with Crippen LogP contribution in [0, 0.1) is 0 Å². The topological polar surface area (TPSA) is 21.3 Å². The third-order valence-electron chi connectivity index (χ3n) is 1.10. The largest absolute Gasteiger partial charge is 0.327 e. The molecule has 68 valence electrons. The molecular weight excluding hydrogens is 201 g/mol. The summed E-state index contributed by atoms with van der Waals surface area (Å²) in [6, 6.07) is 0. The van der Waals surface area contributed by atoms with E-state index in [0.29, 0.717) is 6.61 Å². The van der Waals surface area contributed by atoms with Crippen molar-refractivity contribution in [3.05, 3.63) is 0 Å². The Hall–Kier alpha value is 0.860. The molecule has 0 spiro atoms. The lowest BCUT2D eigenvalue weighted by atomic mass is 10.4. The molecule has 0 saturated heterocycles. The molecule has 1 unspecified atom stereocenters. The molecule has 5 heteroatoms. The van der Waals surface area contributed by atoms with E-state index in [1.807, 2.05) is 6.92 Å². The number of nitrogens with one attached hydrogen (secondary N) is 1. The minimum Gasteiger partial charge on any atom is -0.327 e. The molecular formula is C6H15ClNOPS. The van der Waals surface area contributed by atoms with E-state index in [4.69, 9.17) is 27.6 Å². The fourth-order valence-electron chi connectivity index (χ4n) is 0.561. The van der Waals surface area contributed by atoms with Crippen LogP contribution < -0.4 is 5.09 Å². The summed E-state index contributed by atoms with van der Waals surface area (Å²) in [6.07, 6.45) is 2.13. The SMILES string of the molecule is CCCCOP(=S)(Cl)NCC. The molecule has 0 aromatic carbocycles. The summed E-state index contributed by atoms with van der Waals surface area (Å²) in [5, 5.41) is 2.95. The third-order valence-corrected chi connectivity index (χ3v) is 3.67.